The topological polar surface area (TPSA) is 98.1 Å². The number of benzene rings is 3. The van der Waals surface area contributed by atoms with E-state index in [-0.39, 0.29) is 5.91 Å². The molecule has 0 saturated heterocycles. The van der Waals surface area contributed by atoms with Crippen molar-refractivity contribution in [2.24, 2.45) is 0 Å². The average molecular weight is 500 g/mol. The quantitative estimate of drug-likeness (QED) is 0.383. The smallest absolute Gasteiger partial charge is 0.337 e. The third-order valence-corrected chi connectivity index (χ3v) is 7.41. The maximum absolute atomic E-state index is 13.6. The van der Waals surface area contributed by atoms with E-state index in [1.165, 1.54) is 18.9 Å². The van der Waals surface area contributed by atoms with Gasteiger partial charge in [-0.3, -0.25) is 4.79 Å². The molecule has 9 heteroatoms. The number of amides is 1. The van der Waals surface area contributed by atoms with Crippen LogP contribution in [0.1, 0.15) is 33.1 Å². The number of methoxy groups -OCH3 is 1. The van der Waals surface area contributed by atoms with Crippen molar-refractivity contribution in [2.75, 3.05) is 17.9 Å². The predicted molar refractivity (Wildman–Crippen MR) is 140 cm³/mol. The molecule has 36 heavy (non-hydrogen) atoms. The molecular weight excluding hydrogens is 474 g/mol. The molecule has 0 fully saturated rings. The molecule has 2 atom stereocenters. The number of nitrogens with one attached hydrogen (secondary N) is 2. The van der Waals surface area contributed by atoms with Gasteiger partial charge in [0.15, 0.2) is 5.82 Å². The number of esters is 1. The summed E-state index contributed by atoms with van der Waals surface area (Å²) in [5, 5.41) is 11.8. The standard InChI is InChI=1S/C27H25N5O3S/c1-16-9-14-21(15-17(16)2)28-25(33)23-22(18-10-12-20(13-11-18)26(34)35-3)31-32-24(29-30-27(32)36-23)19-7-5-4-6-8-19/h4-15,22-23,31H,1-3H3,(H,28,33). The van der Waals surface area contributed by atoms with E-state index in [1.807, 2.05) is 79.2 Å². The average Bonchev–Trinajstić information content (AvgIpc) is 3.33. The number of anilines is 1. The van der Waals surface area contributed by atoms with Gasteiger partial charge < -0.3 is 15.5 Å². The fourth-order valence-corrected chi connectivity index (χ4v) is 5.14. The highest BCUT2D eigenvalue weighted by Gasteiger charge is 2.38. The largest absolute Gasteiger partial charge is 0.465 e. The Morgan fingerprint density at radius 1 is 0.972 bits per heavy atom. The minimum Gasteiger partial charge on any atom is -0.465 e. The number of nitrogens with zero attached hydrogens (tertiary/aromatic N) is 3. The number of aryl methyl sites for hydroxylation is 2. The van der Waals surface area contributed by atoms with Crippen molar-refractivity contribution in [3.05, 3.63) is 95.1 Å². The van der Waals surface area contributed by atoms with Gasteiger partial charge in [0.25, 0.3) is 0 Å². The monoisotopic (exact) mass is 499 g/mol. The first-order chi connectivity index (χ1) is 17.4. The minimum absolute atomic E-state index is 0.159. The Morgan fingerprint density at radius 3 is 2.42 bits per heavy atom. The fourth-order valence-electron chi connectivity index (χ4n) is 4.06. The van der Waals surface area contributed by atoms with Crippen LogP contribution in [0.2, 0.25) is 0 Å². The number of aromatic nitrogens is 3. The Hall–Kier alpha value is -4.11. The van der Waals surface area contributed by atoms with Gasteiger partial charge in [0.2, 0.25) is 11.1 Å². The summed E-state index contributed by atoms with van der Waals surface area (Å²) < 4.78 is 6.64. The molecule has 1 aliphatic heterocycles. The summed E-state index contributed by atoms with van der Waals surface area (Å²) >= 11 is 1.35. The van der Waals surface area contributed by atoms with E-state index in [0.29, 0.717) is 16.5 Å². The van der Waals surface area contributed by atoms with Crippen molar-refractivity contribution in [3.8, 4) is 11.4 Å². The summed E-state index contributed by atoms with van der Waals surface area (Å²) in [6.45, 7) is 4.05. The molecule has 5 rings (SSSR count). The van der Waals surface area contributed by atoms with Crippen LogP contribution in [0, 0.1) is 13.8 Å². The Bertz CT molecular complexity index is 1420. The zero-order chi connectivity index (χ0) is 25.2. The molecule has 1 amide bonds. The molecule has 4 aromatic rings. The van der Waals surface area contributed by atoms with E-state index in [9.17, 15) is 9.59 Å². The predicted octanol–water partition coefficient (Wildman–Crippen LogP) is 4.75. The van der Waals surface area contributed by atoms with Gasteiger partial charge in [0.1, 0.15) is 5.25 Å². The zero-order valence-electron chi connectivity index (χ0n) is 20.1. The second-order valence-corrected chi connectivity index (χ2v) is 9.66. The molecule has 2 heterocycles. The van der Waals surface area contributed by atoms with Crippen LogP contribution in [0.3, 0.4) is 0 Å². The molecule has 8 nitrogen and oxygen atoms in total. The van der Waals surface area contributed by atoms with Gasteiger partial charge in [-0.15, -0.1) is 10.2 Å². The summed E-state index contributed by atoms with van der Waals surface area (Å²) in [4.78, 5) is 25.5. The van der Waals surface area contributed by atoms with Gasteiger partial charge in [-0.2, -0.15) is 0 Å². The molecule has 2 unspecified atom stereocenters. The lowest BCUT2D eigenvalue weighted by Crippen LogP contribution is -2.41. The van der Waals surface area contributed by atoms with Crippen LogP contribution in [0.5, 0.6) is 0 Å². The van der Waals surface area contributed by atoms with Crippen LogP contribution >= 0.6 is 11.8 Å². The Morgan fingerprint density at radius 2 is 1.72 bits per heavy atom. The number of thioether (sulfide) groups is 1. The summed E-state index contributed by atoms with van der Waals surface area (Å²) in [5.74, 6) is 0.0830. The van der Waals surface area contributed by atoms with Gasteiger partial charge in [0.05, 0.1) is 18.7 Å². The summed E-state index contributed by atoms with van der Waals surface area (Å²) in [7, 11) is 1.35. The van der Waals surface area contributed by atoms with E-state index < -0.39 is 17.3 Å². The van der Waals surface area contributed by atoms with E-state index in [4.69, 9.17) is 4.74 Å². The Labute approximate surface area is 213 Å². The van der Waals surface area contributed by atoms with Crippen LogP contribution < -0.4 is 10.7 Å². The van der Waals surface area contributed by atoms with Crippen LogP contribution in [0.15, 0.2) is 78.0 Å². The molecular formula is C27H25N5O3S. The van der Waals surface area contributed by atoms with Crippen LogP contribution in [-0.2, 0) is 9.53 Å². The summed E-state index contributed by atoms with van der Waals surface area (Å²) in [6.07, 6.45) is 0. The van der Waals surface area contributed by atoms with Crippen molar-refractivity contribution in [2.45, 2.75) is 30.3 Å². The maximum Gasteiger partial charge on any atom is 0.337 e. The first kappa shape index (κ1) is 23.6. The molecule has 0 bridgehead atoms. The number of carbonyl (C=O) groups is 2. The second kappa shape index (κ2) is 9.87. The molecule has 1 aromatic heterocycles. The molecule has 2 N–H and O–H groups in total. The lowest BCUT2D eigenvalue weighted by molar-refractivity contribution is -0.116. The van der Waals surface area contributed by atoms with Gasteiger partial charge >= 0.3 is 5.97 Å². The lowest BCUT2D eigenvalue weighted by Gasteiger charge is -2.33. The number of carbonyl (C=O) groups excluding carboxylic acids is 2. The van der Waals surface area contributed by atoms with Crippen molar-refractivity contribution in [1.29, 1.82) is 0 Å². The number of ether oxygens (including phenoxy) is 1. The minimum atomic E-state index is -0.545. The molecule has 0 spiro atoms. The fraction of sp³-hybridized carbons (Fsp3) is 0.185. The van der Waals surface area contributed by atoms with Crippen LogP contribution in [-0.4, -0.2) is 39.1 Å². The Kier molecular flexibility index (Phi) is 6.47. The third kappa shape index (κ3) is 4.57. The summed E-state index contributed by atoms with van der Waals surface area (Å²) in [5.41, 5.74) is 8.64. The van der Waals surface area contributed by atoms with Crippen molar-refractivity contribution >= 4 is 29.3 Å². The number of hydrogen-bond donors (Lipinski definition) is 2. The number of hydrogen-bond acceptors (Lipinski definition) is 7. The first-order valence-electron chi connectivity index (χ1n) is 11.4. The van der Waals surface area contributed by atoms with Crippen molar-refractivity contribution in [3.63, 3.8) is 0 Å². The van der Waals surface area contributed by atoms with Crippen molar-refractivity contribution < 1.29 is 14.3 Å². The molecule has 0 saturated carbocycles. The highest BCUT2D eigenvalue weighted by Crippen LogP contribution is 2.39. The highest BCUT2D eigenvalue weighted by atomic mass is 32.2. The van der Waals surface area contributed by atoms with Gasteiger partial charge in [-0.25, -0.2) is 9.47 Å². The highest BCUT2D eigenvalue weighted by molar-refractivity contribution is 8.00. The van der Waals surface area contributed by atoms with Gasteiger partial charge in [-0.1, -0.05) is 60.3 Å². The van der Waals surface area contributed by atoms with Gasteiger partial charge in [0, 0.05) is 11.3 Å². The molecule has 1 aliphatic rings. The molecule has 0 radical (unpaired) electrons. The van der Waals surface area contributed by atoms with E-state index in [1.54, 1.807) is 12.1 Å². The molecule has 0 aliphatic carbocycles. The molecule has 182 valence electrons. The summed E-state index contributed by atoms with van der Waals surface area (Å²) in [6, 6.07) is 22.2. The lowest BCUT2D eigenvalue weighted by atomic mass is 10.0. The van der Waals surface area contributed by atoms with Crippen LogP contribution in [0.25, 0.3) is 11.4 Å². The first-order valence-corrected chi connectivity index (χ1v) is 12.3. The number of fused-ring (bicyclic) bond motifs is 1. The second-order valence-electron chi connectivity index (χ2n) is 8.55. The van der Waals surface area contributed by atoms with Gasteiger partial charge in [-0.05, 0) is 54.8 Å². The normalized spacial score (nSPS) is 16.5. The van der Waals surface area contributed by atoms with E-state index in [0.717, 1.165) is 27.9 Å². The number of rotatable bonds is 5. The Balaban J connectivity index is 1.50. The maximum atomic E-state index is 13.6. The van der Waals surface area contributed by atoms with E-state index in [2.05, 4.69) is 20.9 Å². The van der Waals surface area contributed by atoms with E-state index >= 15 is 0 Å². The third-order valence-electron chi connectivity index (χ3n) is 6.19. The zero-order valence-corrected chi connectivity index (χ0v) is 20.9. The SMILES string of the molecule is COC(=O)c1ccc(C2Nn3c(nnc3-c3ccccc3)SC2C(=O)Nc2ccc(C)c(C)c2)cc1. The van der Waals surface area contributed by atoms with Crippen molar-refractivity contribution in [1.82, 2.24) is 14.9 Å². The van der Waals surface area contributed by atoms with Crippen LogP contribution in [0.4, 0.5) is 5.69 Å². The molecule has 3 aromatic carbocycles.